The lowest BCUT2D eigenvalue weighted by Crippen LogP contribution is -2.37. The van der Waals surface area contributed by atoms with Crippen LogP contribution in [-0.2, 0) is 16.1 Å². The van der Waals surface area contributed by atoms with Crippen molar-refractivity contribution in [3.8, 4) is 5.75 Å². The Morgan fingerprint density at radius 1 is 1.14 bits per heavy atom. The molecule has 0 bridgehead atoms. The van der Waals surface area contributed by atoms with E-state index in [9.17, 15) is 9.18 Å². The lowest BCUT2D eigenvalue weighted by Gasteiger charge is -2.26. The summed E-state index contributed by atoms with van der Waals surface area (Å²) in [5, 5.41) is 0. The molecule has 0 radical (unpaired) electrons. The summed E-state index contributed by atoms with van der Waals surface area (Å²) in [6, 6.07) is 14.0. The van der Waals surface area contributed by atoms with Crippen LogP contribution in [0.2, 0.25) is 0 Å². The van der Waals surface area contributed by atoms with Crippen LogP contribution in [0.4, 0.5) is 10.1 Å². The van der Waals surface area contributed by atoms with Crippen LogP contribution in [0, 0.1) is 5.82 Å². The van der Waals surface area contributed by atoms with E-state index in [1.807, 2.05) is 23.9 Å². The van der Waals surface area contributed by atoms with Crippen LogP contribution >= 0.6 is 0 Å². The molecule has 1 atom stereocenters. The van der Waals surface area contributed by atoms with Crippen LogP contribution in [0.15, 0.2) is 48.5 Å². The molecule has 0 aliphatic carbocycles. The van der Waals surface area contributed by atoms with Gasteiger partial charge in [-0.2, -0.15) is 0 Å². The highest BCUT2D eigenvalue weighted by molar-refractivity contribution is 5.76. The molecule has 1 unspecified atom stereocenters. The van der Waals surface area contributed by atoms with Gasteiger partial charge in [-0.3, -0.25) is 4.79 Å². The molecule has 29 heavy (non-hydrogen) atoms. The second-order valence-electron chi connectivity index (χ2n) is 7.52. The molecule has 1 amide bonds. The number of ether oxygens (including phenoxy) is 2. The highest BCUT2D eigenvalue weighted by atomic mass is 19.1. The summed E-state index contributed by atoms with van der Waals surface area (Å²) in [5.74, 6) is 0.278. The van der Waals surface area contributed by atoms with Crippen molar-refractivity contribution >= 4 is 11.6 Å². The number of nitrogens with zero attached hydrogens (tertiary/aromatic N) is 2. The van der Waals surface area contributed by atoms with Crippen LogP contribution in [0.5, 0.6) is 5.75 Å². The molecule has 3 rings (SSSR count). The smallest absolute Gasteiger partial charge is 0.226 e. The van der Waals surface area contributed by atoms with Crippen LogP contribution in [0.1, 0.15) is 24.8 Å². The largest absolute Gasteiger partial charge is 0.493 e. The summed E-state index contributed by atoms with van der Waals surface area (Å²) >= 11 is 0. The number of amides is 1. The number of anilines is 1. The van der Waals surface area contributed by atoms with Crippen molar-refractivity contribution in [1.29, 1.82) is 0 Å². The molecule has 1 aliphatic rings. The Morgan fingerprint density at radius 2 is 1.86 bits per heavy atom. The topological polar surface area (TPSA) is 42.0 Å². The Bertz CT molecular complexity index is 772. The summed E-state index contributed by atoms with van der Waals surface area (Å²) < 4.78 is 24.3. The first-order valence-electron chi connectivity index (χ1n) is 10.1. The molecule has 1 aliphatic heterocycles. The Labute approximate surface area is 172 Å². The van der Waals surface area contributed by atoms with Gasteiger partial charge >= 0.3 is 0 Å². The van der Waals surface area contributed by atoms with Crippen molar-refractivity contribution in [1.82, 2.24) is 4.90 Å². The maximum absolute atomic E-state index is 13.0. The third-order valence-electron chi connectivity index (χ3n) is 5.03. The molecule has 0 saturated carbocycles. The van der Waals surface area contributed by atoms with E-state index >= 15 is 0 Å². The third kappa shape index (κ3) is 6.46. The first kappa shape index (κ1) is 21.1. The average molecular weight is 400 g/mol. The SMILES string of the molecule is CN(C)c1ccc(CN(CC2CCCO2)C(=O)CCOc2ccc(F)cc2)cc1. The van der Waals surface area contributed by atoms with E-state index in [1.54, 1.807) is 12.1 Å². The van der Waals surface area contributed by atoms with Crippen molar-refractivity contribution in [2.24, 2.45) is 0 Å². The zero-order valence-electron chi connectivity index (χ0n) is 17.1. The minimum absolute atomic E-state index is 0.0271. The summed E-state index contributed by atoms with van der Waals surface area (Å²) in [5.41, 5.74) is 2.21. The van der Waals surface area contributed by atoms with Crippen LogP contribution in [0.3, 0.4) is 0 Å². The van der Waals surface area contributed by atoms with Gasteiger partial charge in [0.05, 0.1) is 19.1 Å². The molecule has 1 saturated heterocycles. The quantitative estimate of drug-likeness (QED) is 0.641. The summed E-state index contributed by atoms with van der Waals surface area (Å²) in [6.07, 6.45) is 2.38. The molecule has 0 spiro atoms. The van der Waals surface area contributed by atoms with E-state index in [0.29, 0.717) is 18.8 Å². The first-order valence-corrected chi connectivity index (χ1v) is 10.1. The zero-order valence-corrected chi connectivity index (χ0v) is 17.1. The fraction of sp³-hybridized carbons (Fsp3) is 0.435. The highest BCUT2D eigenvalue weighted by Gasteiger charge is 2.22. The molecule has 6 heteroatoms. The third-order valence-corrected chi connectivity index (χ3v) is 5.03. The summed E-state index contributed by atoms with van der Waals surface area (Å²) in [4.78, 5) is 16.8. The summed E-state index contributed by atoms with van der Waals surface area (Å²) in [6.45, 7) is 2.15. The molecule has 2 aromatic carbocycles. The van der Waals surface area contributed by atoms with Crippen molar-refractivity contribution in [3.63, 3.8) is 0 Å². The maximum Gasteiger partial charge on any atom is 0.226 e. The van der Waals surface area contributed by atoms with Gasteiger partial charge in [-0.05, 0) is 54.8 Å². The van der Waals surface area contributed by atoms with Crippen molar-refractivity contribution in [3.05, 3.63) is 59.9 Å². The van der Waals surface area contributed by atoms with Gasteiger partial charge in [0.2, 0.25) is 5.91 Å². The first-order chi connectivity index (χ1) is 14.0. The minimum Gasteiger partial charge on any atom is -0.493 e. The molecule has 0 aromatic heterocycles. The number of rotatable bonds is 9. The van der Waals surface area contributed by atoms with E-state index in [-0.39, 0.29) is 30.9 Å². The number of hydrogen-bond donors (Lipinski definition) is 0. The average Bonchev–Trinajstić information content (AvgIpc) is 3.22. The fourth-order valence-corrected chi connectivity index (χ4v) is 3.35. The number of hydrogen-bond acceptors (Lipinski definition) is 4. The molecular formula is C23H29FN2O3. The van der Waals surface area contributed by atoms with Crippen LogP contribution in [0.25, 0.3) is 0 Å². The number of halogens is 1. The van der Waals surface area contributed by atoms with Gasteiger partial charge in [0, 0.05) is 39.5 Å². The molecular weight excluding hydrogens is 371 g/mol. The Kier molecular flexibility index (Phi) is 7.47. The van der Waals surface area contributed by atoms with Gasteiger partial charge in [-0.15, -0.1) is 0 Å². The lowest BCUT2D eigenvalue weighted by atomic mass is 10.1. The van der Waals surface area contributed by atoms with Gasteiger partial charge in [-0.25, -0.2) is 4.39 Å². The number of carbonyl (C=O) groups is 1. The standard InChI is InChI=1S/C23H29FN2O3/c1-25(2)20-9-5-18(6-10-20)16-26(17-22-4-3-14-28-22)23(27)13-15-29-21-11-7-19(24)8-12-21/h5-12,22H,3-4,13-17H2,1-2H3. The van der Waals surface area contributed by atoms with E-state index in [0.717, 1.165) is 30.7 Å². The highest BCUT2D eigenvalue weighted by Crippen LogP contribution is 2.18. The second-order valence-corrected chi connectivity index (χ2v) is 7.52. The Morgan fingerprint density at radius 3 is 2.48 bits per heavy atom. The molecule has 5 nitrogen and oxygen atoms in total. The van der Waals surface area contributed by atoms with Crippen LogP contribution in [-0.4, -0.2) is 50.8 Å². The normalized spacial score (nSPS) is 15.9. The maximum atomic E-state index is 13.0. The Hall–Kier alpha value is -2.60. The van der Waals surface area contributed by atoms with Crippen molar-refractivity contribution in [2.45, 2.75) is 31.9 Å². The van der Waals surface area contributed by atoms with Gasteiger partial charge in [0.25, 0.3) is 0 Å². The van der Waals surface area contributed by atoms with Crippen LogP contribution < -0.4 is 9.64 Å². The molecule has 156 valence electrons. The van der Waals surface area contributed by atoms with Crippen molar-refractivity contribution < 1.29 is 18.7 Å². The molecule has 2 aromatic rings. The summed E-state index contributed by atoms with van der Waals surface area (Å²) in [7, 11) is 4.01. The molecule has 1 heterocycles. The Balaban J connectivity index is 1.58. The monoisotopic (exact) mass is 400 g/mol. The lowest BCUT2D eigenvalue weighted by molar-refractivity contribution is -0.134. The number of benzene rings is 2. The fourth-order valence-electron chi connectivity index (χ4n) is 3.35. The molecule has 1 fully saturated rings. The zero-order chi connectivity index (χ0) is 20.6. The second kappa shape index (κ2) is 10.3. The van der Waals surface area contributed by atoms with Crippen molar-refractivity contribution in [2.75, 3.05) is 38.8 Å². The van der Waals surface area contributed by atoms with E-state index in [1.165, 1.54) is 12.1 Å². The van der Waals surface area contributed by atoms with Gasteiger partial charge in [0.15, 0.2) is 0 Å². The van der Waals surface area contributed by atoms with E-state index in [4.69, 9.17) is 9.47 Å². The minimum atomic E-state index is -0.309. The predicted molar refractivity (Wildman–Crippen MR) is 112 cm³/mol. The molecule has 0 N–H and O–H groups in total. The number of carbonyl (C=O) groups excluding carboxylic acids is 1. The van der Waals surface area contributed by atoms with E-state index in [2.05, 4.69) is 24.3 Å². The van der Waals surface area contributed by atoms with Gasteiger partial charge in [0.1, 0.15) is 11.6 Å². The van der Waals surface area contributed by atoms with E-state index < -0.39 is 0 Å². The van der Waals surface area contributed by atoms with Gasteiger partial charge in [-0.1, -0.05) is 12.1 Å². The van der Waals surface area contributed by atoms with Gasteiger partial charge < -0.3 is 19.3 Å². The predicted octanol–water partition coefficient (Wildman–Crippen LogP) is 3.87.